The molecule has 4 saturated heterocycles. The van der Waals surface area contributed by atoms with Gasteiger partial charge in [0.05, 0.1) is 29.5 Å². The first-order valence-electron chi connectivity index (χ1n) is 18.6. The molecule has 6 heterocycles. The second kappa shape index (κ2) is 16.6. The molecule has 19 heteroatoms. The number of nitrogens with zero attached hydrogens (tertiary/aromatic N) is 6. The molecule has 8 rings (SSSR count). The van der Waals surface area contributed by atoms with Crippen LogP contribution in [0.25, 0.3) is 32.1 Å². The number of urea groups is 1. The fourth-order valence-corrected chi connectivity index (χ4v) is 8.76. The summed E-state index contributed by atoms with van der Waals surface area (Å²) >= 11 is 0.698. The van der Waals surface area contributed by atoms with E-state index in [1.165, 1.54) is 31.8 Å². The molecule has 0 radical (unpaired) electrons. The summed E-state index contributed by atoms with van der Waals surface area (Å²) < 4.78 is 117. The lowest BCUT2D eigenvalue weighted by Crippen LogP contribution is -2.41. The number of nitrogens with one attached hydrogen (secondary N) is 1. The highest BCUT2D eigenvalue weighted by atomic mass is 32.1. The molecule has 0 bridgehead atoms. The predicted octanol–water partition coefficient (Wildman–Crippen LogP) is 8.68. The second-order valence-electron chi connectivity index (χ2n) is 14.5. The van der Waals surface area contributed by atoms with Gasteiger partial charge in [0.2, 0.25) is 0 Å². The van der Waals surface area contributed by atoms with Gasteiger partial charge in [-0.2, -0.15) is 28.4 Å². The Hall–Kier alpha value is -4.70. The first-order valence-corrected chi connectivity index (χ1v) is 19.4. The van der Waals surface area contributed by atoms with Crippen LogP contribution in [0.4, 0.5) is 50.7 Å². The maximum Gasteiger partial charge on any atom is 0.417 e. The van der Waals surface area contributed by atoms with Crippen molar-refractivity contribution in [1.82, 2.24) is 24.7 Å². The lowest BCUT2D eigenvalue weighted by atomic mass is 9.92. The van der Waals surface area contributed by atoms with Crippen molar-refractivity contribution in [2.75, 3.05) is 64.0 Å². The highest BCUT2D eigenvalue weighted by Crippen LogP contribution is 2.47. The Morgan fingerprint density at radius 1 is 1.12 bits per heavy atom. The van der Waals surface area contributed by atoms with Crippen LogP contribution in [0.2, 0.25) is 0 Å². The molecule has 10 nitrogen and oxygen atoms in total. The summed E-state index contributed by atoms with van der Waals surface area (Å²) in [7, 11) is 1.23. The number of nitrogen functional groups attached to an aromatic ring is 1. The van der Waals surface area contributed by atoms with Crippen LogP contribution >= 0.6 is 11.3 Å². The van der Waals surface area contributed by atoms with E-state index in [1.807, 2.05) is 0 Å². The highest BCUT2D eigenvalue weighted by molar-refractivity contribution is 7.23. The predicted molar refractivity (Wildman–Crippen MR) is 201 cm³/mol. The zero-order valence-corrected chi connectivity index (χ0v) is 32.3. The molecular formula is C38H42F8N8O2S. The van der Waals surface area contributed by atoms with Crippen LogP contribution in [0, 0.1) is 28.9 Å². The molecule has 4 aliphatic rings. The van der Waals surface area contributed by atoms with Gasteiger partial charge < -0.3 is 25.6 Å². The number of thiophene rings is 1. The van der Waals surface area contributed by atoms with E-state index in [0.29, 0.717) is 23.9 Å². The van der Waals surface area contributed by atoms with E-state index in [-0.39, 0.29) is 62.5 Å². The van der Waals surface area contributed by atoms with Crippen LogP contribution in [-0.4, -0.2) is 102 Å². The molecule has 3 unspecified atom stereocenters. The van der Waals surface area contributed by atoms with Crippen molar-refractivity contribution in [1.29, 1.82) is 5.26 Å². The zero-order valence-electron chi connectivity index (χ0n) is 31.5. The minimum atomic E-state index is -5.00. The van der Waals surface area contributed by atoms with Crippen LogP contribution in [0.15, 0.2) is 18.2 Å². The molecule has 3 atom stereocenters. The number of halogens is 8. The average Bonchev–Trinajstić information content (AvgIpc) is 4.00. The first kappa shape index (κ1) is 41.9. The number of likely N-dealkylation sites (tertiary alicyclic amines) is 2. The van der Waals surface area contributed by atoms with Gasteiger partial charge in [-0.1, -0.05) is 13.0 Å². The summed E-state index contributed by atoms with van der Waals surface area (Å²) in [6.07, 6.45) is -0.201. The van der Waals surface area contributed by atoms with Gasteiger partial charge >= 0.3 is 18.2 Å². The molecule has 0 aliphatic carbocycles. The number of ether oxygens (including phenoxy) is 1. The first-order chi connectivity index (χ1) is 27.0. The van der Waals surface area contributed by atoms with Gasteiger partial charge in [0.25, 0.3) is 5.92 Å². The van der Waals surface area contributed by atoms with Crippen molar-refractivity contribution in [2.45, 2.75) is 70.3 Å². The lowest BCUT2D eigenvalue weighted by molar-refractivity contribution is -0.137. The van der Waals surface area contributed by atoms with Crippen molar-refractivity contribution in [3.8, 4) is 23.2 Å². The Balaban J connectivity index is 0.000000185. The van der Waals surface area contributed by atoms with Crippen molar-refractivity contribution >= 4 is 49.2 Å². The molecule has 2 amide bonds. The van der Waals surface area contributed by atoms with E-state index < -0.39 is 59.0 Å². The van der Waals surface area contributed by atoms with E-state index >= 15 is 4.39 Å². The summed E-state index contributed by atoms with van der Waals surface area (Å²) in [5, 5.41) is 11.8. The third kappa shape index (κ3) is 8.47. The number of nitriles is 1. The lowest BCUT2D eigenvalue weighted by Gasteiger charge is -2.23. The zero-order chi connectivity index (χ0) is 41.4. The van der Waals surface area contributed by atoms with Crippen LogP contribution in [0.5, 0.6) is 6.01 Å². The number of carbonyl (C=O) groups excluding carboxylic acids is 1. The van der Waals surface area contributed by atoms with Gasteiger partial charge in [-0.25, -0.2) is 26.7 Å². The normalized spacial score (nSPS) is 21.5. The van der Waals surface area contributed by atoms with E-state index in [4.69, 9.17) is 10.5 Å². The number of benzene rings is 2. The Morgan fingerprint density at radius 3 is 2.44 bits per heavy atom. The molecule has 2 aromatic heterocycles. The van der Waals surface area contributed by atoms with E-state index in [0.717, 1.165) is 57.1 Å². The minimum absolute atomic E-state index is 0.0444. The maximum atomic E-state index is 15.9. The number of alkyl halides is 6. The van der Waals surface area contributed by atoms with Gasteiger partial charge in [0, 0.05) is 61.0 Å². The summed E-state index contributed by atoms with van der Waals surface area (Å²) in [6.45, 7) is 6.54. The van der Waals surface area contributed by atoms with Crippen LogP contribution in [0.3, 0.4) is 0 Å². The number of anilines is 2. The van der Waals surface area contributed by atoms with Crippen molar-refractivity contribution < 1.29 is 44.7 Å². The van der Waals surface area contributed by atoms with E-state index in [2.05, 4.69) is 20.2 Å². The molecule has 57 heavy (non-hydrogen) atoms. The Labute approximate surface area is 327 Å². The fraction of sp³-hybridized carbons (Fsp3) is 0.526. The van der Waals surface area contributed by atoms with Crippen molar-refractivity contribution in [3.63, 3.8) is 0 Å². The van der Waals surface area contributed by atoms with Gasteiger partial charge in [-0.3, -0.25) is 4.90 Å². The quantitative estimate of drug-likeness (QED) is 0.196. The minimum Gasteiger partial charge on any atom is -0.467 e. The summed E-state index contributed by atoms with van der Waals surface area (Å²) in [6, 6.07) is 4.54. The second-order valence-corrected chi connectivity index (χ2v) is 15.5. The molecule has 2 aromatic carbocycles. The highest BCUT2D eigenvalue weighted by Gasteiger charge is 2.48. The molecule has 0 saturated carbocycles. The van der Waals surface area contributed by atoms with E-state index in [9.17, 15) is 40.8 Å². The average molecular weight is 827 g/mol. The monoisotopic (exact) mass is 826 g/mol. The number of hydrogen-bond donors (Lipinski definition) is 2. The van der Waals surface area contributed by atoms with Crippen LogP contribution in [-0.2, 0) is 6.18 Å². The number of carbonyl (C=O) groups is 1. The van der Waals surface area contributed by atoms with Gasteiger partial charge in [0.15, 0.2) is 5.82 Å². The number of rotatable bonds is 4. The molecule has 3 N–H and O–H groups in total. The largest absolute Gasteiger partial charge is 0.467 e. The van der Waals surface area contributed by atoms with Gasteiger partial charge in [-0.15, -0.1) is 11.3 Å². The van der Waals surface area contributed by atoms with Crippen molar-refractivity contribution in [3.05, 3.63) is 41.0 Å². The Morgan fingerprint density at radius 2 is 1.84 bits per heavy atom. The van der Waals surface area contributed by atoms with E-state index in [1.54, 1.807) is 17.9 Å². The number of nitrogens with two attached hydrogens (primary N) is 1. The standard InChI is InChI=1S/C21H14F5N5OS.C10H16F2N2O.C7H12FN/c1-3-29-19-9-6-11(21(24,25)26)14(15(23)16(9)30-20(31-19)32-2)8-4-5-12(22)17-13(8)10(7-27)18(28)33-17;1-8-6-14(7-10(8,11)12)9(15)13-4-2-3-5-13;8-6-4-7-2-1-3-9(7)5-6/h4-6H,3,28H2,1-2H3,(H,29,30,31);8H,2-7H2,1H3;6-7H,1-5H2. The molecule has 4 fully saturated rings. The van der Waals surface area contributed by atoms with Gasteiger partial charge in [-0.05, 0) is 63.3 Å². The number of aromatic nitrogens is 2. The number of fused-ring (bicyclic) bond motifs is 3. The summed E-state index contributed by atoms with van der Waals surface area (Å²) in [5.41, 5.74) is 2.59. The fourth-order valence-electron chi connectivity index (χ4n) is 7.81. The Kier molecular flexibility index (Phi) is 12.2. The number of hydrogen-bond acceptors (Lipinski definition) is 9. The Bertz CT molecular complexity index is 2160. The van der Waals surface area contributed by atoms with Crippen LogP contribution in [0.1, 0.15) is 57.1 Å². The smallest absolute Gasteiger partial charge is 0.417 e. The van der Waals surface area contributed by atoms with Gasteiger partial charge in [0.1, 0.15) is 34.4 Å². The maximum absolute atomic E-state index is 15.9. The summed E-state index contributed by atoms with van der Waals surface area (Å²) in [5.74, 6) is -5.59. The molecule has 4 aromatic rings. The molecule has 0 spiro atoms. The number of amides is 2. The molecular weight excluding hydrogens is 785 g/mol. The molecule has 308 valence electrons. The third-order valence-electron chi connectivity index (χ3n) is 10.7. The third-order valence-corrected chi connectivity index (χ3v) is 11.7. The topological polar surface area (TPSA) is 124 Å². The van der Waals surface area contributed by atoms with Crippen molar-refractivity contribution in [2.24, 2.45) is 5.92 Å². The number of methoxy groups -OCH3 is 1. The summed E-state index contributed by atoms with van der Waals surface area (Å²) in [4.78, 5) is 24.9. The van der Waals surface area contributed by atoms with Crippen LogP contribution < -0.4 is 15.8 Å². The SMILES string of the molecule is CC1CN(C(=O)N2CCCC2)CC1(F)F.CCNc1nc(OC)nc2c(F)c(-c3ccc(F)c4sc(N)c(C#N)c34)c(C(F)(F)F)cc12.FC1CC2CCCN2C1. The molecule has 4 aliphatic heterocycles.